The first-order valence-corrected chi connectivity index (χ1v) is 8.39. The lowest BCUT2D eigenvalue weighted by Gasteiger charge is -2.20. The molecular weight excluding hydrogens is 304 g/mol. The second kappa shape index (κ2) is 8.54. The minimum absolute atomic E-state index is 0.0530. The van der Waals surface area contributed by atoms with Crippen LogP contribution in [0.1, 0.15) is 33.7 Å². The Bertz CT molecular complexity index is 640. The van der Waals surface area contributed by atoms with Gasteiger partial charge >= 0.3 is 0 Å². The summed E-state index contributed by atoms with van der Waals surface area (Å²) in [6.07, 6.45) is 0. The van der Waals surface area contributed by atoms with Crippen molar-refractivity contribution >= 4 is 5.91 Å². The summed E-state index contributed by atoms with van der Waals surface area (Å²) in [4.78, 5) is 14.0. The quantitative estimate of drug-likeness (QED) is 0.769. The average Bonchev–Trinajstić information content (AvgIpc) is 3.03. The van der Waals surface area contributed by atoms with Crippen molar-refractivity contribution in [1.82, 2.24) is 30.8 Å². The molecule has 0 aliphatic rings. The van der Waals surface area contributed by atoms with Crippen molar-refractivity contribution in [1.29, 1.82) is 0 Å². The van der Waals surface area contributed by atoms with Gasteiger partial charge in [0.05, 0.1) is 0 Å². The van der Waals surface area contributed by atoms with Crippen LogP contribution in [0, 0.1) is 5.92 Å². The van der Waals surface area contributed by atoms with Crippen LogP contribution in [0.4, 0.5) is 0 Å². The summed E-state index contributed by atoms with van der Waals surface area (Å²) in [5.41, 5.74) is 0.882. The van der Waals surface area contributed by atoms with Crippen molar-refractivity contribution in [3.63, 3.8) is 0 Å². The van der Waals surface area contributed by atoms with Gasteiger partial charge < -0.3 is 10.6 Å². The number of likely N-dealkylation sites (N-methyl/N-ethyl adjacent to an activating group) is 1. The number of hydrogen-bond donors (Lipinski definition) is 2. The van der Waals surface area contributed by atoms with E-state index in [1.807, 2.05) is 58.0 Å². The summed E-state index contributed by atoms with van der Waals surface area (Å²) in [7, 11) is 0. The van der Waals surface area contributed by atoms with Crippen LogP contribution in [-0.2, 0) is 4.79 Å². The molecule has 2 atom stereocenters. The highest BCUT2D eigenvalue weighted by Gasteiger charge is 2.27. The predicted octanol–water partition coefficient (Wildman–Crippen LogP) is 1.65. The lowest BCUT2D eigenvalue weighted by molar-refractivity contribution is -0.126. The van der Waals surface area contributed by atoms with E-state index in [0.29, 0.717) is 12.4 Å². The van der Waals surface area contributed by atoms with E-state index in [9.17, 15) is 4.79 Å². The fourth-order valence-corrected chi connectivity index (χ4v) is 2.50. The van der Waals surface area contributed by atoms with E-state index in [-0.39, 0.29) is 17.9 Å². The first kappa shape index (κ1) is 18.1. The highest BCUT2D eigenvalue weighted by Crippen LogP contribution is 2.18. The Hall–Kier alpha value is -2.28. The molecule has 7 nitrogen and oxygen atoms in total. The maximum atomic E-state index is 12.6. The van der Waals surface area contributed by atoms with Crippen LogP contribution in [0.3, 0.4) is 0 Å². The fraction of sp³-hybridized carbons (Fsp3) is 0.529. The first-order chi connectivity index (χ1) is 11.5. The summed E-state index contributed by atoms with van der Waals surface area (Å²) in [6, 6.07) is 9.35. The summed E-state index contributed by atoms with van der Waals surface area (Å²) < 4.78 is 0. The minimum Gasteiger partial charge on any atom is -0.353 e. The third-order valence-corrected chi connectivity index (χ3v) is 3.74. The van der Waals surface area contributed by atoms with E-state index >= 15 is 0 Å². The number of nitrogens with one attached hydrogen (secondary N) is 2. The molecule has 2 aromatic rings. The molecule has 0 aliphatic heterocycles. The highest BCUT2D eigenvalue weighted by atomic mass is 16.2. The molecule has 1 amide bonds. The van der Waals surface area contributed by atoms with E-state index in [1.165, 1.54) is 4.80 Å². The van der Waals surface area contributed by atoms with Crippen LogP contribution >= 0.6 is 0 Å². The molecule has 0 radical (unpaired) electrons. The van der Waals surface area contributed by atoms with Gasteiger partial charge in [0.2, 0.25) is 11.7 Å². The van der Waals surface area contributed by atoms with Crippen molar-refractivity contribution in [3.8, 4) is 11.4 Å². The van der Waals surface area contributed by atoms with Gasteiger partial charge in [0.15, 0.2) is 6.04 Å². The molecule has 2 rings (SSSR count). The molecular formula is C17H26N6O. The van der Waals surface area contributed by atoms with Gasteiger partial charge in [-0.3, -0.25) is 4.79 Å². The lowest BCUT2D eigenvalue weighted by Crippen LogP contribution is -2.43. The zero-order valence-electron chi connectivity index (χ0n) is 14.7. The third kappa shape index (κ3) is 4.61. The Morgan fingerprint density at radius 2 is 1.92 bits per heavy atom. The van der Waals surface area contributed by atoms with E-state index in [0.717, 1.165) is 12.1 Å². The Morgan fingerprint density at radius 3 is 2.54 bits per heavy atom. The van der Waals surface area contributed by atoms with Gasteiger partial charge in [-0.2, -0.15) is 4.80 Å². The number of carbonyl (C=O) groups excluding carboxylic acids is 1. The second-order valence-electron chi connectivity index (χ2n) is 6.19. The van der Waals surface area contributed by atoms with Crippen molar-refractivity contribution in [2.75, 3.05) is 13.1 Å². The number of benzene rings is 1. The van der Waals surface area contributed by atoms with Gasteiger partial charge in [0.1, 0.15) is 0 Å². The molecule has 24 heavy (non-hydrogen) atoms. The van der Waals surface area contributed by atoms with Crippen molar-refractivity contribution < 1.29 is 4.79 Å². The van der Waals surface area contributed by atoms with Crippen LogP contribution in [-0.4, -0.2) is 45.2 Å². The molecule has 7 heteroatoms. The van der Waals surface area contributed by atoms with E-state index in [4.69, 9.17) is 0 Å². The van der Waals surface area contributed by atoms with Crippen LogP contribution < -0.4 is 10.6 Å². The number of rotatable bonds is 8. The first-order valence-electron chi connectivity index (χ1n) is 8.39. The number of aromatic nitrogens is 4. The Balaban J connectivity index is 2.10. The molecule has 0 saturated heterocycles. The number of carbonyl (C=O) groups is 1. The Kier molecular flexibility index (Phi) is 6.43. The predicted molar refractivity (Wildman–Crippen MR) is 93.3 cm³/mol. The van der Waals surface area contributed by atoms with Gasteiger partial charge in [-0.15, -0.1) is 10.2 Å². The molecule has 0 fully saturated rings. The SMILES string of the molecule is CCN[C@H](C)CNC(=O)C(C(C)C)n1nnc(-c2ccccc2)n1. The Morgan fingerprint density at radius 1 is 1.21 bits per heavy atom. The highest BCUT2D eigenvalue weighted by molar-refractivity contribution is 5.80. The lowest BCUT2D eigenvalue weighted by atomic mass is 10.0. The summed E-state index contributed by atoms with van der Waals surface area (Å²) in [6.45, 7) is 9.47. The van der Waals surface area contributed by atoms with Gasteiger partial charge in [0.25, 0.3) is 0 Å². The smallest absolute Gasteiger partial charge is 0.247 e. The summed E-state index contributed by atoms with van der Waals surface area (Å²) in [5, 5.41) is 18.8. The molecule has 1 heterocycles. The number of tetrazole rings is 1. The van der Waals surface area contributed by atoms with Crippen LogP contribution in [0.5, 0.6) is 0 Å². The number of nitrogens with zero attached hydrogens (tertiary/aromatic N) is 4. The van der Waals surface area contributed by atoms with Gasteiger partial charge in [-0.25, -0.2) is 0 Å². The normalized spacial score (nSPS) is 13.7. The summed E-state index contributed by atoms with van der Waals surface area (Å²) >= 11 is 0. The van der Waals surface area contributed by atoms with E-state index in [2.05, 4.69) is 26.0 Å². The molecule has 0 saturated carbocycles. The molecule has 0 spiro atoms. The number of amides is 1. The maximum absolute atomic E-state index is 12.6. The molecule has 2 N–H and O–H groups in total. The van der Waals surface area contributed by atoms with Crippen LogP contribution in [0.25, 0.3) is 11.4 Å². The monoisotopic (exact) mass is 330 g/mol. The van der Waals surface area contributed by atoms with Crippen molar-refractivity contribution in [2.45, 2.75) is 39.8 Å². The topological polar surface area (TPSA) is 84.7 Å². The number of hydrogen-bond acceptors (Lipinski definition) is 5. The van der Waals surface area contributed by atoms with E-state index < -0.39 is 6.04 Å². The minimum atomic E-state index is -0.483. The molecule has 0 aliphatic carbocycles. The largest absolute Gasteiger partial charge is 0.353 e. The maximum Gasteiger partial charge on any atom is 0.247 e. The van der Waals surface area contributed by atoms with Crippen LogP contribution in [0.2, 0.25) is 0 Å². The molecule has 0 bridgehead atoms. The third-order valence-electron chi connectivity index (χ3n) is 3.74. The fourth-order valence-electron chi connectivity index (χ4n) is 2.50. The average molecular weight is 330 g/mol. The Labute approximate surface area is 142 Å². The van der Waals surface area contributed by atoms with Crippen molar-refractivity contribution in [3.05, 3.63) is 30.3 Å². The van der Waals surface area contributed by atoms with Gasteiger partial charge in [0, 0.05) is 18.2 Å². The zero-order chi connectivity index (χ0) is 17.5. The van der Waals surface area contributed by atoms with Crippen LogP contribution in [0.15, 0.2) is 30.3 Å². The standard InChI is InChI=1S/C17H26N6O/c1-5-18-13(4)11-19-17(24)15(12(2)3)23-21-16(20-22-23)14-9-7-6-8-10-14/h6-10,12-13,15,18H,5,11H2,1-4H3,(H,19,24)/t13-,15?/m1/s1. The van der Waals surface area contributed by atoms with Gasteiger partial charge in [-0.1, -0.05) is 51.1 Å². The van der Waals surface area contributed by atoms with Gasteiger partial charge in [-0.05, 0) is 24.6 Å². The van der Waals surface area contributed by atoms with E-state index in [1.54, 1.807) is 0 Å². The molecule has 130 valence electrons. The second-order valence-corrected chi connectivity index (χ2v) is 6.19. The van der Waals surface area contributed by atoms with Crippen molar-refractivity contribution in [2.24, 2.45) is 5.92 Å². The molecule has 1 unspecified atom stereocenters. The molecule has 1 aromatic heterocycles. The molecule has 1 aromatic carbocycles. The zero-order valence-corrected chi connectivity index (χ0v) is 14.7. The summed E-state index contributed by atoms with van der Waals surface area (Å²) in [5.74, 6) is 0.485.